The summed E-state index contributed by atoms with van der Waals surface area (Å²) in [5.74, 6) is -0.341. The number of hydrogen-bond donors (Lipinski definition) is 3. The third-order valence-corrected chi connectivity index (χ3v) is 4.27. The second-order valence-corrected chi connectivity index (χ2v) is 6.67. The fourth-order valence-corrected chi connectivity index (χ4v) is 2.68. The molecular formula is C17H27N3O7. The molecular weight excluding hydrogens is 358 g/mol. The lowest BCUT2D eigenvalue weighted by Gasteiger charge is -2.23. The first kappa shape index (κ1) is 21.5. The summed E-state index contributed by atoms with van der Waals surface area (Å²) in [5.41, 5.74) is -0.124. The van der Waals surface area contributed by atoms with E-state index in [1.165, 1.54) is 17.9 Å². The summed E-state index contributed by atoms with van der Waals surface area (Å²) in [7, 11) is 1.51. The standard InChI is InChI=1S/C17H27N3O7/c1-9(2)15(23)18-14-10(3)7-20(17(24)19-14)16-13(26-6-5-25-4)12(22)11(8-21)27-16/h7,9,11-13,16,21-22H,5-6,8H2,1-4H3,(H,18,19,23,24)/t11-,12?,13+,16-/m1/s1. The van der Waals surface area contributed by atoms with Gasteiger partial charge in [-0.3, -0.25) is 9.36 Å². The number of anilines is 1. The van der Waals surface area contributed by atoms with Gasteiger partial charge in [0.15, 0.2) is 6.23 Å². The maximum absolute atomic E-state index is 12.5. The molecule has 4 atom stereocenters. The summed E-state index contributed by atoms with van der Waals surface area (Å²) >= 11 is 0. The van der Waals surface area contributed by atoms with E-state index in [0.29, 0.717) is 12.2 Å². The van der Waals surface area contributed by atoms with Crippen LogP contribution in [-0.4, -0.2) is 70.9 Å². The van der Waals surface area contributed by atoms with E-state index in [4.69, 9.17) is 14.2 Å². The molecule has 0 saturated carbocycles. The summed E-state index contributed by atoms with van der Waals surface area (Å²) in [6, 6.07) is 0. The van der Waals surface area contributed by atoms with Crippen LogP contribution in [0.2, 0.25) is 0 Å². The topological polar surface area (TPSA) is 132 Å². The molecule has 0 spiro atoms. The van der Waals surface area contributed by atoms with E-state index in [0.717, 1.165) is 0 Å². The highest BCUT2D eigenvalue weighted by atomic mass is 16.6. The second kappa shape index (κ2) is 9.38. The molecule has 1 unspecified atom stereocenters. The van der Waals surface area contributed by atoms with Crippen LogP contribution in [0.4, 0.5) is 5.82 Å². The molecule has 1 aliphatic rings. The third kappa shape index (κ3) is 4.90. The maximum atomic E-state index is 12.5. The number of hydrogen-bond acceptors (Lipinski definition) is 8. The first-order valence-corrected chi connectivity index (χ1v) is 8.75. The SMILES string of the molecule is COCCO[C@H]1C(O)[C@@H](CO)O[C@H]1n1cc(C)c(NC(=O)C(C)C)nc1=O. The molecule has 1 aliphatic heterocycles. The van der Waals surface area contributed by atoms with E-state index in [2.05, 4.69) is 10.3 Å². The molecule has 27 heavy (non-hydrogen) atoms. The van der Waals surface area contributed by atoms with Crippen molar-refractivity contribution < 1.29 is 29.2 Å². The van der Waals surface area contributed by atoms with Gasteiger partial charge < -0.3 is 29.7 Å². The molecule has 0 aromatic carbocycles. The monoisotopic (exact) mass is 385 g/mol. The highest BCUT2D eigenvalue weighted by Crippen LogP contribution is 2.31. The third-order valence-electron chi connectivity index (χ3n) is 4.27. The number of rotatable bonds is 8. The van der Waals surface area contributed by atoms with Gasteiger partial charge in [0.25, 0.3) is 0 Å². The van der Waals surface area contributed by atoms with E-state index in [-0.39, 0.29) is 24.2 Å². The molecule has 3 N–H and O–H groups in total. The number of carbonyl (C=O) groups excluding carboxylic acids is 1. The number of nitrogens with zero attached hydrogens (tertiary/aromatic N) is 2. The maximum Gasteiger partial charge on any atom is 0.351 e. The molecule has 1 aromatic rings. The minimum Gasteiger partial charge on any atom is -0.394 e. The summed E-state index contributed by atoms with van der Waals surface area (Å²) in [4.78, 5) is 28.3. The Kier molecular flexibility index (Phi) is 7.45. The number of methoxy groups -OCH3 is 1. The van der Waals surface area contributed by atoms with Crippen molar-refractivity contribution in [3.8, 4) is 0 Å². The average Bonchev–Trinajstić information content (AvgIpc) is 2.93. The van der Waals surface area contributed by atoms with E-state index < -0.39 is 36.8 Å². The quantitative estimate of drug-likeness (QED) is 0.507. The number of ether oxygens (including phenoxy) is 3. The number of carbonyl (C=O) groups is 1. The van der Waals surface area contributed by atoms with Gasteiger partial charge >= 0.3 is 5.69 Å². The van der Waals surface area contributed by atoms with Gasteiger partial charge in [0, 0.05) is 24.8 Å². The molecule has 10 heteroatoms. The fraction of sp³-hybridized carbons (Fsp3) is 0.706. The molecule has 2 heterocycles. The molecule has 10 nitrogen and oxygen atoms in total. The second-order valence-electron chi connectivity index (χ2n) is 6.67. The lowest BCUT2D eigenvalue weighted by Crippen LogP contribution is -2.39. The van der Waals surface area contributed by atoms with Crippen LogP contribution in [0.15, 0.2) is 11.0 Å². The molecule has 2 rings (SSSR count). The normalized spacial score (nSPS) is 25.1. The van der Waals surface area contributed by atoms with E-state index in [9.17, 15) is 19.8 Å². The van der Waals surface area contributed by atoms with E-state index in [1.807, 2.05) is 0 Å². The van der Waals surface area contributed by atoms with Crippen LogP contribution in [0.3, 0.4) is 0 Å². The van der Waals surface area contributed by atoms with E-state index in [1.54, 1.807) is 20.8 Å². The smallest absolute Gasteiger partial charge is 0.351 e. The van der Waals surface area contributed by atoms with Crippen molar-refractivity contribution >= 4 is 11.7 Å². The van der Waals surface area contributed by atoms with Crippen molar-refractivity contribution in [2.45, 2.75) is 45.3 Å². The minimum absolute atomic E-state index is 0.170. The summed E-state index contributed by atoms with van der Waals surface area (Å²) < 4.78 is 17.3. The van der Waals surface area contributed by atoms with Crippen LogP contribution < -0.4 is 11.0 Å². The highest BCUT2D eigenvalue weighted by Gasteiger charge is 2.45. The molecule has 0 bridgehead atoms. The van der Waals surface area contributed by atoms with Crippen LogP contribution >= 0.6 is 0 Å². The number of nitrogens with one attached hydrogen (secondary N) is 1. The van der Waals surface area contributed by atoms with Gasteiger partial charge in [-0.25, -0.2) is 4.79 Å². The zero-order valence-corrected chi connectivity index (χ0v) is 15.9. The number of aryl methyl sites for hydroxylation is 1. The predicted molar refractivity (Wildman–Crippen MR) is 95.3 cm³/mol. The Morgan fingerprint density at radius 2 is 2.15 bits per heavy atom. The largest absolute Gasteiger partial charge is 0.394 e. The Morgan fingerprint density at radius 1 is 1.44 bits per heavy atom. The van der Waals surface area contributed by atoms with Crippen LogP contribution in [0.25, 0.3) is 0 Å². The minimum atomic E-state index is -1.12. The molecule has 1 aromatic heterocycles. The lowest BCUT2D eigenvalue weighted by molar-refractivity contribution is -0.118. The first-order chi connectivity index (χ1) is 12.8. The summed E-state index contributed by atoms with van der Waals surface area (Å²) in [6.45, 7) is 5.21. The Balaban J connectivity index is 2.30. The van der Waals surface area contributed by atoms with Gasteiger partial charge in [0.05, 0.1) is 19.8 Å². The van der Waals surface area contributed by atoms with Gasteiger partial charge in [-0.05, 0) is 6.92 Å². The van der Waals surface area contributed by atoms with E-state index >= 15 is 0 Å². The summed E-state index contributed by atoms with van der Waals surface area (Å²) in [5, 5.41) is 22.3. The summed E-state index contributed by atoms with van der Waals surface area (Å²) in [6.07, 6.45) is -2.39. The van der Waals surface area contributed by atoms with Crippen LogP contribution in [0.5, 0.6) is 0 Å². The van der Waals surface area contributed by atoms with Crippen molar-refractivity contribution in [1.82, 2.24) is 9.55 Å². The van der Waals surface area contributed by atoms with Crippen LogP contribution in [0, 0.1) is 12.8 Å². The van der Waals surface area contributed by atoms with Crippen molar-refractivity contribution in [1.29, 1.82) is 0 Å². The highest BCUT2D eigenvalue weighted by molar-refractivity contribution is 5.91. The van der Waals surface area contributed by atoms with Crippen molar-refractivity contribution in [3.63, 3.8) is 0 Å². The molecule has 0 aliphatic carbocycles. The van der Waals surface area contributed by atoms with Crippen molar-refractivity contribution in [3.05, 3.63) is 22.2 Å². The number of aliphatic hydroxyl groups is 2. The number of aliphatic hydroxyl groups excluding tert-OH is 2. The first-order valence-electron chi connectivity index (χ1n) is 8.75. The van der Waals surface area contributed by atoms with Gasteiger partial charge in [0.1, 0.15) is 24.1 Å². The zero-order chi connectivity index (χ0) is 20.1. The fourth-order valence-electron chi connectivity index (χ4n) is 2.68. The molecule has 1 amide bonds. The van der Waals surface area contributed by atoms with Gasteiger partial charge in [-0.15, -0.1) is 0 Å². The molecule has 0 radical (unpaired) electrons. The zero-order valence-electron chi connectivity index (χ0n) is 15.9. The van der Waals surface area contributed by atoms with Crippen molar-refractivity contribution in [2.24, 2.45) is 5.92 Å². The van der Waals surface area contributed by atoms with Crippen molar-refractivity contribution in [2.75, 3.05) is 32.2 Å². The Hall–Kier alpha value is -1.85. The molecule has 1 saturated heterocycles. The molecule has 152 valence electrons. The average molecular weight is 385 g/mol. The van der Waals surface area contributed by atoms with Gasteiger partial charge in [0.2, 0.25) is 5.91 Å². The van der Waals surface area contributed by atoms with Gasteiger partial charge in [-0.2, -0.15) is 4.98 Å². The lowest BCUT2D eigenvalue weighted by atomic mass is 10.1. The molecule has 1 fully saturated rings. The predicted octanol–water partition coefficient (Wildman–Crippen LogP) is -0.572. The van der Waals surface area contributed by atoms with Crippen LogP contribution in [-0.2, 0) is 19.0 Å². The van der Waals surface area contributed by atoms with Crippen LogP contribution in [0.1, 0.15) is 25.6 Å². The Morgan fingerprint density at radius 3 is 2.74 bits per heavy atom. The Labute approximate surface area is 157 Å². The van der Waals surface area contributed by atoms with Gasteiger partial charge in [-0.1, -0.05) is 13.8 Å². The number of aromatic nitrogens is 2. The Bertz CT molecular complexity index is 706. The number of amides is 1.